The summed E-state index contributed by atoms with van der Waals surface area (Å²) in [7, 11) is 1.99. The van der Waals surface area contributed by atoms with Crippen LogP contribution >= 0.6 is 0 Å². The monoisotopic (exact) mass is 213 g/mol. The van der Waals surface area contributed by atoms with Gasteiger partial charge in [0.2, 0.25) is 0 Å². The molecule has 2 unspecified atom stereocenters. The van der Waals surface area contributed by atoms with E-state index in [2.05, 4.69) is 23.3 Å². The molecule has 2 atom stereocenters. The molecule has 1 saturated carbocycles. The van der Waals surface area contributed by atoms with Crippen molar-refractivity contribution >= 4 is 0 Å². The zero-order valence-electron chi connectivity index (χ0n) is 9.30. The number of nitrogens with two attached hydrogens (primary N) is 1. The zero-order valence-corrected chi connectivity index (χ0v) is 9.30. The number of aryl methyl sites for hydroxylation is 1. The van der Waals surface area contributed by atoms with Crippen molar-refractivity contribution in [2.75, 3.05) is 0 Å². The Bertz CT molecular complexity index is 501. The highest BCUT2D eigenvalue weighted by Crippen LogP contribution is 2.39. The predicted octanol–water partition coefficient (Wildman–Crippen LogP) is 1.90. The lowest BCUT2D eigenvalue weighted by molar-refractivity contribution is 0.709. The molecular weight excluding hydrogens is 198 g/mol. The van der Waals surface area contributed by atoms with E-state index in [0.29, 0.717) is 12.0 Å². The first-order valence-electron chi connectivity index (χ1n) is 5.60. The molecule has 16 heavy (non-hydrogen) atoms. The largest absolute Gasteiger partial charge is 0.327 e. The van der Waals surface area contributed by atoms with Crippen molar-refractivity contribution < 1.29 is 0 Å². The van der Waals surface area contributed by atoms with Crippen LogP contribution < -0.4 is 5.73 Å². The van der Waals surface area contributed by atoms with Gasteiger partial charge in [-0.3, -0.25) is 4.68 Å². The van der Waals surface area contributed by atoms with Gasteiger partial charge in [-0.15, -0.1) is 0 Å². The minimum absolute atomic E-state index is 0.332. The molecule has 1 heterocycles. The van der Waals surface area contributed by atoms with Crippen molar-refractivity contribution in [3.05, 3.63) is 42.1 Å². The fraction of sp³-hybridized carbons (Fsp3) is 0.308. The molecule has 2 aromatic rings. The maximum Gasteiger partial charge on any atom is 0.0926 e. The van der Waals surface area contributed by atoms with Gasteiger partial charge < -0.3 is 5.73 Å². The molecule has 3 rings (SSSR count). The van der Waals surface area contributed by atoms with Gasteiger partial charge in [-0.1, -0.05) is 30.3 Å². The topological polar surface area (TPSA) is 43.8 Å². The predicted molar refractivity (Wildman–Crippen MR) is 64.0 cm³/mol. The van der Waals surface area contributed by atoms with Gasteiger partial charge in [-0.2, -0.15) is 5.10 Å². The smallest absolute Gasteiger partial charge is 0.0926 e. The van der Waals surface area contributed by atoms with E-state index >= 15 is 0 Å². The molecule has 3 nitrogen and oxygen atoms in total. The highest BCUT2D eigenvalue weighted by atomic mass is 15.3. The Morgan fingerprint density at radius 3 is 2.62 bits per heavy atom. The summed E-state index contributed by atoms with van der Waals surface area (Å²) in [5.41, 5.74) is 9.33. The van der Waals surface area contributed by atoms with E-state index in [1.54, 1.807) is 0 Å². The minimum Gasteiger partial charge on any atom is -0.327 e. The number of aromatic nitrogens is 2. The first-order chi connectivity index (χ1) is 7.75. The maximum absolute atomic E-state index is 5.87. The van der Waals surface area contributed by atoms with Gasteiger partial charge in [0, 0.05) is 30.3 Å². The summed E-state index contributed by atoms with van der Waals surface area (Å²) in [4.78, 5) is 0. The molecule has 0 spiro atoms. The molecule has 0 saturated heterocycles. The van der Waals surface area contributed by atoms with Crippen molar-refractivity contribution in [1.82, 2.24) is 9.78 Å². The van der Waals surface area contributed by atoms with Crippen LogP contribution in [0.5, 0.6) is 0 Å². The van der Waals surface area contributed by atoms with Gasteiger partial charge in [0.25, 0.3) is 0 Å². The number of hydrogen-bond acceptors (Lipinski definition) is 2. The summed E-state index contributed by atoms with van der Waals surface area (Å²) in [6, 6.07) is 12.7. The number of hydrogen-bond donors (Lipinski definition) is 1. The van der Waals surface area contributed by atoms with Crippen LogP contribution in [0.15, 0.2) is 36.4 Å². The SMILES string of the molecule is Cn1nc(-c2ccccc2)cc1C1CC1N. The van der Waals surface area contributed by atoms with Gasteiger partial charge in [0.15, 0.2) is 0 Å². The van der Waals surface area contributed by atoms with Gasteiger partial charge in [-0.25, -0.2) is 0 Å². The minimum atomic E-state index is 0.332. The number of nitrogens with zero attached hydrogens (tertiary/aromatic N) is 2. The second-order valence-electron chi connectivity index (χ2n) is 4.45. The van der Waals surface area contributed by atoms with E-state index in [0.717, 1.165) is 12.1 Å². The standard InChI is InChI=1S/C13H15N3/c1-16-13(10-7-11(10)14)8-12(15-16)9-5-3-2-4-6-9/h2-6,8,10-11H,7,14H2,1H3. The lowest BCUT2D eigenvalue weighted by atomic mass is 10.1. The summed E-state index contributed by atoms with van der Waals surface area (Å²) in [5, 5.41) is 4.54. The Morgan fingerprint density at radius 2 is 2.00 bits per heavy atom. The zero-order chi connectivity index (χ0) is 11.1. The Morgan fingerprint density at radius 1 is 1.31 bits per heavy atom. The highest BCUT2D eigenvalue weighted by molar-refractivity contribution is 5.59. The van der Waals surface area contributed by atoms with Crippen molar-refractivity contribution in [2.45, 2.75) is 18.4 Å². The van der Waals surface area contributed by atoms with Crippen LogP contribution in [0.2, 0.25) is 0 Å². The lowest BCUT2D eigenvalue weighted by Gasteiger charge is -1.96. The molecule has 1 aromatic heterocycles. The first kappa shape index (κ1) is 9.60. The van der Waals surface area contributed by atoms with Crippen LogP contribution in [0, 0.1) is 0 Å². The van der Waals surface area contributed by atoms with Crippen molar-refractivity contribution in [2.24, 2.45) is 12.8 Å². The van der Waals surface area contributed by atoms with Gasteiger partial charge in [-0.05, 0) is 12.5 Å². The van der Waals surface area contributed by atoms with Crippen LogP contribution in [-0.4, -0.2) is 15.8 Å². The van der Waals surface area contributed by atoms with Gasteiger partial charge in [0.1, 0.15) is 0 Å². The molecule has 0 radical (unpaired) electrons. The molecule has 82 valence electrons. The molecule has 3 heteroatoms. The molecule has 0 amide bonds. The molecular formula is C13H15N3. The molecule has 0 aliphatic heterocycles. The van der Waals surface area contributed by atoms with E-state index in [1.165, 1.54) is 11.3 Å². The summed E-state index contributed by atoms with van der Waals surface area (Å²) in [6.45, 7) is 0. The van der Waals surface area contributed by atoms with Gasteiger partial charge >= 0.3 is 0 Å². The molecule has 1 aromatic carbocycles. The summed E-state index contributed by atoms with van der Waals surface area (Å²) < 4.78 is 1.96. The van der Waals surface area contributed by atoms with Crippen molar-refractivity contribution in [3.63, 3.8) is 0 Å². The Hall–Kier alpha value is -1.61. The van der Waals surface area contributed by atoms with Crippen LogP contribution in [0.4, 0.5) is 0 Å². The Balaban J connectivity index is 1.98. The second-order valence-corrected chi connectivity index (χ2v) is 4.45. The fourth-order valence-electron chi connectivity index (χ4n) is 2.13. The van der Waals surface area contributed by atoms with Gasteiger partial charge in [0.05, 0.1) is 5.69 Å². The summed E-state index contributed by atoms with van der Waals surface area (Å²) >= 11 is 0. The number of rotatable bonds is 2. The second kappa shape index (κ2) is 3.46. The molecule has 0 bridgehead atoms. The van der Waals surface area contributed by atoms with Crippen LogP contribution in [-0.2, 0) is 7.05 Å². The van der Waals surface area contributed by atoms with Crippen LogP contribution in [0.3, 0.4) is 0 Å². The quantitative estimate of drug-likeness (QED) is 0.828. The lowest BCUT2D eigenvalue weighted by Crippen LogP contribution is -2.04. The maximum atomic E-state index is 5.87. The summed E-state index contributed by atoms with van der Waals surface area (Å²) in [5.74, 6) is 0.509. The normalized spacial score (nSPS) is 23.4. The molecule has 1 aliphatic rings. The van der Waals surface area contributed by atoms with Crippen molar-refractivity contribution in [3.8, 4) is 11.3 Å². The first-order valence-corrected chi connectivity index (χ1v) is 5.60. The van der Waals surface area contributed by atoms with Crippen LogP contribution in [0.1, 0.15) is 18.0 Å². The van der Waals surface area contributed by atoms with E-state index < -0.39 is 0 Å². The fourth-order valence-corrected chi connectivity index (χ4v) is 2.13. The van der Waals surface area contributed by atoms with Crippen molar-refractivity contribution in [1.29, 1.82) is 0 Å². The van der Waals surface area contributed by atoms with E-state index in [-0.39, 0.29) is 0 Å². The molecule has 1 aliphatic carbocycles. The average Bonchev–Trinajstić information content (AvgIpc) is 2.89. The third-order valence-electron chi connectivity index (χ3n) is 3.21. The summed E-state index contributed by atoms with van der Waals surface area (Å²) in [6.07, 6.45) is 1.09. The Labute approximate surface area is 94.9 Å². The average molecular weight is 213 g/mol. The van der Waals surface area contributed by atoms with E-state index in [1.807, 2.05) is 29.9 Å². The molecule has 2 N–H and O–H groups in total. The third-order valence-corrected chi connectivity index (χ3v) is 3.21. The molecule has 1 fully saturated rings. The van der Waals surface area contributed by atoms with E-state index in [9.17, 15) is 0 Å². The van der Waals surface area contributed by atoms with Crippen LogP contribution in [0.25, 0.3) is 11.3 Å². The third kappa shape index (κ3) is 1.53. The Kier molecular flexibility index (Phi) is 2.07. The van der Waals surface area contributed by atoms with E-state index in [4.69, 9.17) is 5.73 Å². The highest BCUT2D eigenvalue weighted by Gasteiger charge is 2.37. The number of benzene rings is 1.